The van der Waals surface area contributed by atoms with Crippen LogP contribution in [0.2, 0.25) is 0 Å². The fourth-order valence-corrected chi connectivity index (χ4v) is 0.321. The number of hydrazine groups is 1. The van der Waals surface area contributed by atoms with E-state index in [-0.39, 0.29) is 11.1 Å². The Balaban J connectivity index is -0.000000246. The number of nitrogens with one attached hydrogen (secondary N) is 1. The first-order valence-corrected chi connectivity index (χ1v) is 6.95. The van der Waals surface area contributed by atoms with Crippen molar-refractivity contribution in [1.29, 1.82) is 0 Å². The Labute approximate surface area is 124 Å². The van der Waals surface area contributed by atoms with Crippen molar-refractivity contribution in [3.63, 3.8) is 0 Å². The number of carbonyl (C=O) groups is 1. The van der Waals surface area contributed by atoms with Gasteiger partial charge in [-0.25, -0.2) is 0 Å². The van der Waals surface area contributed by atoms with Crippen molar-refractivity contribution in [1.82, 2.24) is 5.43 Å². The van der Waals surface area contributed by atoms with Gasteiger partial charge in [0.05, 0.1) is 5.54 Å². The molecule has 122 valence electrons. The van der Waals surface area contributed by atoms with Gasteiger partial charge in [0.2, 0.25) is 0 Å². The van der Waals surface area contributed by atoms with Crippen LogP contribution >= 0.6 is 0 Å². The summed E-state index contributed by atoms with van der Waals surface area (Å²) in [7, 11) is 0. The Bertz CT molecular complexity index is 243. The lowest BCUT2D eigenvalue weighted by Gasteiger charge is -2.14. The average Bonchev–Trinajstić information content (AvgIpc) is 2.35. The van der Waals surface area contributed by atoms with E-state index in [0.29, 0.717) is 12.8 Å². The van der Waals surface area contributed by atoms with Crippen LogP contribution in [-0.4, -0.2) is 28.7 Å². The zero-order valence-electron chi connectivity index (χ0n) is 14.4. The lowest BCUT2D eigenvalue weighted by Crippen LogP contribution is -2.41. The van der Waals surface area contributed by atoms with Gasteiger partial charge in [0.25, 0.3) is 0 Å². The molecule has 20 heavy (non-hydrogen) atoms. The second-order valence-corrected chi connectivity index (χ2v) is 6.24. The van der Waals surface area contributed by atoms with E-state index in [1.54, 1.807) is 0 Å². The van der Waals surface area contributed by atoms with Gasteiger partial charge in [0.15, 0.2) is 6.23 Å². The molecule has 0 aliphatic heterocycles. The normalized spacial score (nSPS) is 12.9. The summed E-state index contributed by atoms with van der Waals surface area (Å²) in [6.45, 7) is 15.5. The van der Waals surface area contributed by atoms with Gasteiger partial charge in [0, 0.05) is 12.0 Å². The summed E-state index contributed by atoms with van der Waals surface area (Å²) in [5.41, 5.74) is 2.50. The Morgan fingerprint density at radius 3 is 1.70 bits per heavy atom. The summed E-state index contributed by atoms with van der Waals surface area (Å²) in [5.74, 6) is 5.06. The Morgan fingerprint density at radius 2 is 1.55 bits per heavy atom. The average molecular weight is 290 g/mol. The topological polar surface area (TPSA) is 100 Å². The molecular formula is C14H34N4O2. The lowest BCUT2D eigenvalue weighted by molar-refractivity contribution is -0.107. The SMILES string of the molecule is CC(C)(C)NN.CCC(O)N=NC(C)(C)C.CCC=O. The van der Waals surface area contributed by atoms with Gasteiger partial charge in [-0.2, -0.15) is 10.2 Å². The largest absolute Gasteiger partial charge is 0.370 e. The lowest BCUT2D eigenvalue weighted by atomic mass is 10.1. The van der Waals surface area contributed by atoms with Gasteiger partial charge < -0.3 is 9.90 Å². The Morgan fingerprint density at radius 1 is 1.20 bits per heavy atom. The molecule has 0 radical (unpaired) electrons. The molecule has 1 unspecified atom stereocenters. The quantitative estimate of drug-likeness (QED) is 0.322. The highest BCUT2D eigenvalue weighted by atomic mass is 16.3. The minimum atomic E-state index is -0.626. The highest BCUT2D eigenvalue weighted by molar-refractivity contribution is 5.48. The van der Waals surface area contributed by atoms with Gasteiger partial charge in [-0.05, 0) is 48.0 Å². The minimum absolute atomic E-state index is 0.0694. The van der Waals surface area contributed by atoms with Crippen LogP contribution in [0.5, 0.6) is 0 Å². The molecule has 0 rings (SSSR count). The molecule has 4 N–H and O–H groups in total. The number of carbonyl (C=O) groups excluding carboxylic acids is 1. The standard InChI is InChI=1S/C7H16N2O.C4H12N2.C3H6O/c1-5-6(10)8-9-7(2,3)4;1-4(2,3)6-5;1-2-3-4/h6,10H,5H2,1-4H3;6H,5H2,1-3H3;3H,2H2,1H3. The van der Waals surface area contributed by atoms with E-state index in [0.717, 1.165) is 6.29 Å². The second kappa shape index (κ2) is 13.1. The van der Waals surface area contributed by atoms with Gasteiger partial charge in [-0.3, -0.25) is 11.3 Å². The van der Waals surface area contributed by atoms with Gasteiger partial charge in [0.1, 0.15) is 6.29 Å². The number of nitrogens with two attached hydrogens (primary N) is 1. The molecule has 0 aromatic heterocycles. The van der Waals surface area contributed by atoms with Crippen LogP contribution in [0, 0.1) is 0 Å². The van der Waals surface area contributed by atoms with Crippen molar-refractivity contribution in [3.05, 3.63) is 0 Å². The van der Waals surface area contributed by atoms with Crippen LogP contribution in [-0.2, 0) is 4.79 Å². The fraction of sp³-hybridized carbons (Fsp3) is 0.929. The van der Waals surface area contributed by atoms with Crippen molar-refractivity contribution in [2.75, 3.05) is 0 Å². The second-order valence-electron chi connectivity index (χ2n) is 6.24. The van der Waals surface area contributed by atoms with Crippen molar-refractivity contribution in [2.45, 2.75) is 85.5 Å². The van der Waals surface area contributed by atoms with Crippen LogP contribution < -0.4 is 11.3 Å². The molecular weight excluding hydrogens is 256 g/mol. The van der Waals surface area contributed by atoms with Gasteiger partial charge in [-0.1, -0.05) is 13.8 Å². The molecule has 0 amide bonds. The third-order valence-corrected chi connectivity index (χ3v) is 1.46. The van der Waals surface area contributed by atoms with E-state index in [1.165, 1.54) is 0 Å². The molecule has 0 aromatic rings. The third kappa shape index (κ3) is 36.0. The third-order valence-electron chi connectivity index (χ3n) is 1.46. The summed E-state index contributed by atoms with van der Waals surface area (Å²) in [5, 5.41) is 16.6. The van der Waals surface area contributed by atoms with E-state index in [9.17, 15) is 4.79 Å². The number of hydrogen-bond acceptors (Lipinski definition) is 6. The van der Waals surface area contributed by atoms with Crippen LogP contribution in [0.25, 0.3) is 0 Å². The molecule has 0 saturated carbocycles. The summed E-state index contributed by atoms with van der Waals surface area (Å²) >= 11 is 0. The molecule has 0 fully saturated rings. The molecule has 0 aliphatic carbocycles. The molecule has 1 atom stereocenters. The van der Waals surface area contributed by atoms with Gasteiger partial charge >= 0.3 is 0 Å². The smallest absolute Gasteiger partial charge is 0.165 e. The number of aliphatic hydroxyl groups excluding tert-OH is 1. The monoisotopic (exact) mass is 290 g/mol. The highest BCUT2D eigenvalue weighted by Gasteiger charge is 2.07. The number of rotatable bonds is 3. The van der Waals surface area contributed by atoms with E-state index in [1.807, 2.05) is 55.4 Å². The summed E-state index contributed by atoms with van der Waals surface area (Å²) in [6, 6.07) is 0. The predicted octanol–water partition coefficient (Wildman–Crippen LogP) is 2.81. The van der Waals surface area contributed by atoms with Gasteiger partial charge in [-0.15, -0.1) is 0 Å². The van der Waals surface area contributed by atoms with E-state index in [4.69, 9.17) is 10.9 Å². The maximum Gasteiger partial charge on any atom is 0.165 e. The predicted molar refractivity (Wildman–Crippen MR) is 84.3 cm³/mol. The first-order chi connectivity index (χ1) is 8.93. The molecule has 0 aliphatic rings. The molecule has 0 bridgehead atoms. The fourth-order valence-electron chi connectivity index (χ4n) is 0.321. The minimum Gasteiger partial charge on any atom is -0.370 e. The maximum absolute atomic E-state index is 9.17. The number of aliphatic hydroxyl groups is 1. The Hall–Kier alpha value is -0.850. The number of aldehydes is 1. The maximum atomic E-state index is 9.17. The van der Waals surface area contributed by atoms with Crippen molar-refractivity contribution >= 4 is 6.29 Å². The molecule has 0 saturated heterocycles. The Kier molecular flexibility index (Phi) is 15.9. The summed E-state index contributed by atoms with van der Waals surface area (Å²) in [6.07, 6.45) is 1.51. The van der Waals surface area contributed by atoms with Crippen molar-refractivity contribution in [2.24, 2.45) is 16.1 Å². The zero-order valence-corrected chi connectivity index (χ0v) is 14.4. The zero-order chi connectivity index (χ0) is 16.8. The van der Waals surface area contributed by atoms with E-state index >= 15 is 0 Å². The van der Waals surface area contributed by atoms with Crippen LogP contribution in [0.1, 0.15) is 68.2 Å². The van der Waals surface area contributed by atoms with Crippen LogP contribution in [0.3, 0.4) is 0 Å². The molecule has 0 spiro atoms. The summed E-state index contributed by atoms with van der Waals surface area (Å²) in [4.78, 5) is 9.17. The van der Waals surface area contributed by atoms with Crippen molar-refractivity contribution < 1.29 is 9.90 Å². The summed E-state index contributed by atoms with van der Waals surface area (Å²) < 4.78 is 0. The molecule has 6 nitrogen and oxygen atoms in total. The van der Waals surface area contributed by atoms with Crippen LogP contribution in [0.4, 0.5) is 0 Å². The first kappa shape index (κ1) is 24.2. The molecule has 6 heteroatoms. The molecule has 0 heterocycles. The number of azo groups is 1. The number of nitrogens with zero attached hydrogens (tertiary/aromatic N) is 2. The first-order valence-electron chi connectivity index (χ1n) is 6.95. The van der Waals surface area contributed by atoms with E-state index in [2.05, 4.69) is 15.7 Å². The van der Waals surface area contributed by atoms with Crippen molar-refractivity contribution in [3.8, 4) is 0 Å². The number of hydrogen-bond donors (Lipinski definition) is 3. The van der Waals surface area contributed by atoms with Crippen LogP contribution in [0.15, 0.2) is 10.2 Å². The molecule has 0 aromatic carbocycles. The van der Waals surface area contributed by atoms with E-state index < -0.39 is 6.23 Å². The highest BCUT2D eigenvalue weighted by Crippen LogP contribution is 2.08.